The Morgan fingerprint density at radius 2 is 1.46 bits per heavy atom. The normalized spacial score (nSPS) is 11.0. The molecule has 1 N–H and O–H groups in total. The van der Waals surface area contributed by atoms with Gasteiger partial charge >= 0.3 is 0 Å². The van der Waals surface area contributed by atoms with Crippen molar-refractivity contribution in [3.05, 3.63) is 65.5 Å². The van der Waals surface area contributed by atoms with Crippen molar-refractivity contribution in [2.45, 2.75) is 32.6 Å². The fraction of sp³-hybridized carbons (Fsp3) is 0.429. The predicted molar refractivity (Wildman–Crippen MR) is 101 cm³/mol. The summed E-state index contributed by atoms with van der Waals surface area (Å²) in [5.41, 5.74) is 3.76. The highest BCUT2D eigenvalue weighted by molar-refractivity contribution is 5.43. The monoisotopic (exact) mass is 328 g/mol. The summed E-state index contributed by atoms with van der Waals surface area (Å²) in [6.07, 6.45) is 4.39. The SMILES string of the molecule is CCCN(CCCc1ccc(F)cc1)CCc1ccc(NC)cc1. The van der Waals surface area contributed by atoms with Crippen LogP contribution in [0.2, 0.25) is 0 Å². The molecule has 0 amide bonds. The predicted octanol–water partition coefficient (Wildman–Crippen LogP) is 4.75. The highest BCUT2D eigenvalue weighted by Crippen LogP contribution is 2.11. The molecule has 0 unspecified atom stereocenters. The second-order valence-electron chi connectivity index (χ2n) is 6.27. The number of benzene rings is 2. The van der Waals surface area contributed by atoms with Crippen molar-refractivity contribution in [2.75, 3.05) is 32.0 Å². The fourth-order valence-corrected chi connectivity index (χ4v) is 2.93. The van der Waals surface area contributed by atoms with Crippen molar-refractivity contribution in [3.8, 4) is 0 Å². The molecule has 0 aliphatic heterocycles. The van der Waals surface area contributed by atoms with Crippen LogP contribution in [-0.4, -0.2) is 31.6 Å². The molecule has 0 saturated carbocycles. The molecule has 0 aliphatic rings. The molecule has 2 aromatic rings. The second-order valence-corrected chi connectivity index (χ2v) is 6.27. The van der Waals surface area contributed by atoms with Gasteiger partial charge in [-0.25, -0.2) is 4.39 Å². The third-order valence-corrected chi connectivity index (χ3v) is 4.35. The van der Waals surface area contributed by atoms with E-state index < -0.39 is 0 Å². The van der Waals surface area contributed by atoms with E-state index in [9.17, 15) is 4.39 Å². The van der Waals surface area contributed by atoms with Crippen LogP contribution in [0.15, 0.2) is 48.5 Å². The standard InChI is InChI=1S/C21H29FN2/c1-3-15-24(16-4-5-18-6-10-20(22)11-7-18)17-14-19-8-12-21(23-2)13-9-19/h6-13,23H,3-5,14-17H2,1-2H3. The zero-order valence-electron chi connectivity index (χ0n) is 14.9. The number of rotatable bonds is 10. The number of aryl methyl sites for hydroxylation is 1. The number of anilines is 1. The van der Waals surface area contributed by atoms with E-state index in [0.717, 1.165) is 44.6 Å². The van der Waals surface area contributed by atoms with Crippen LogP contribution in [0.25, 0.3) is 0 Å². The smallest absolute Gasteiger partial charge is 0.123 e. The minimum atomic E-state index is -0.157. The van der Waals surface area contributed by atoms with Crippen LogP contribution in [0.1, 0.15) is 30.9 Å². The highest BCUT2D eigenvalue weighted by atomic mass is 19.1. The number of nitrogens with one attached hydrogen (secondary N) is 1. The molecule has 0 spiro atoms. The van der Waals surface area contributed by atoms with Gasteiger partial charge in [0.15, 0.2) is 0 Å². The molecule has 0 aromatic heterocycles. The minimum Gasteiger partial charge on any atom is -0.388 e. The molecular formula is C21H29FN2. The van der Waals surface area contributed by atoms with Crippen molar-refractivity contribution >= 4 is 5.69 Å². The van der Waals surface area contributed by atoms with Crippen LogP contribution in [0.4, 0.5) is 10.1 Å². The maximum absolute atomic E-state index is 12.9. The van der Waals surface area contributed by atoms with E-state index >= 15 is 0 Å². The third-order valence-electron chi connectivity index (χ3n) is 4.35. The molecule has 0 fully saturated rings. The van der Waals surface area contributed by atoms with Crippen LogP contribution >= 0.6 is 0 Å². The van der Waals surface area contributed by atoms with Gasteiger partial charge < -0.3 is 10.2 Å². The van der Waals surface area contributed by atoms with Gasteiger partial charge in [0.2, 0.25) is 0 Å². The summed E-state index contributed by atoms with van der Waals surface area (Å²) in [7, 11) is 1.94. The van der Waals surface area contributed by atoms with Gasteiger partial charge in [-0.05, 0) is 74.2 Å². The van der Waals surface area contributed by atoms with Crippen LogP contribution in [-0.2, 0) is 12.8 Å². The fourth-order valence-electron chi connectivity index (χ4n) is 2.93. The third kappa shape index (κ3) is 6.32. The summed E-state index contributed by atoms with van der Waals surface area (Å²) in [6, 6.07) is 15.6. The lowest BCUT2D eigenvalue weighted by molar-refractivity contribution is 0.274. The van der Waals surface area contributed by atoms with E-state index in [1.165, 1.54) is 17.5 Å². The maximum atomic E-state index is 12.9. The van der Waals surface area contributed by atoms with Crippen molar-refractivity contribution in [1.82, 2.24) is 4.90 Å². The Balaban J connectivity index is 1.76. The largest absolute Gasteiger partial charge is 0.388 e. The Morgan fingerprint density at radius 1 is 0.833 bits per heavy atom. The molecule has 0 bridgehead atoms. The number of nitrogens with zero attached hydrogens (tertiary/aromatic N) is 1. The first kappa shape index (κ1) is 18.5. The number of hydrogen-bond acceptors (Lipinski definition) is 2. The topological polar surface area (TPSA) is 15.3 Å². The molecule has 2 nitrogen and oxygen atoms in total. The molecule has 24 heavy (non-hydrogen) atoms. The van der Waals surface area contributed by atoms with Crippen LogP contribution < -0.4 is 5.32 Å². The second kappa shape index (κ2) is 10.1. The van der Waals surface area contributed by atoms with Gasteiger partial charge in [0.05, 0.1) is 0 Å². The van der Waals surface area contributed by atoms with Gasteiger partial charge in [0.1, 0.15) is 5.82 Å². The Hall–Kier alpha value is -1.87. The molecule has 0 heterocycles. The Kier molecular flexibility index (Phi) is 7.76. The van der Waals surface area contributed by atoms with Gasteiger partial charge in [0, 0.05) is 19.3 Å². The first-order valence-electron chi connectivity index (χ1n) is 8.94. The zero-order valence-corrected chi connectivity index (χ0v) is 14.9. The zero-order chi connectivity index (χ0) is 17.2. The van der Waals surface area contributed by atoms with Crippen molar-refractivity contribution in [1.29, 1.82) is 0 Å². The van der Waals surface area contributed by atoms with Crippen LogP contribution in [0.5, 0.6) is 0 Å². The summed E-state index contributed by atoms with van der Waals surface area (Å²) in [4.78, 5) is 2.54. The summed E-state index contributed by atoms with van der Waals surface area (Å²) >= 11 is 0. The molecular weight excluding hydrogens is 299 g/mol. The number of hydrogen-bond donors (Lipinski definition) is 1. The molecule has 0 atom stereocenters. The highest BCUT2D eigenvalue weighted by Gasteiger charge is 2.05. The first-order chi connectivity index (χ1) is 11.7. The molecule has 2 rings (SSSR count). The van der Waals surface area contributed by atoms with E-state index in [-0.39, 0.29) is 5.82 Å². The summed E-state index contributed by atoms with van der Waals surface area (Å²) in [5.74, 6) is -0.157. The molecule has 0 aliphatic carbocycles. The molecule has 130 valence electrons. The summed E-state index contributed by atoms with van der Waals surface area (Å²) in [5, 5.41) is 3.15. The Bertz CT molecular complexity index is 578. The average Bonchev–Trinajstić information content (AvgIpc) is 2.62. The Morgan fingerprint density at radius 3 is 2.08 bits per heavy atom. The van der Waals surface area contributed by atoms with E-state index in [2.05, 4.69) is 41.4 Å². The van der Waals surface area contributed by atoms with E-state index in [1.807, 2.05) is 19.2 Å². The van der Waals surface area contributed by atoms with Crippen molar-refractivity contribution in [2.24, 2.45) is 0 Å². The molecule has 0 saturated heterocycles. The summed E-state index contributed by atoms with van der Waals surface area (Å²) in [6.45, 7) is 5.56. The van der Waals surface area contributed by atoms with Gasteiger partial charge in [-0.2, -0.15) is 0 Å². The van der Waals surface area contributed by atoms with Crippen LogP contribution in [0.3, 0.4) is 0 Å². The van der Waals surface area contributed by atoms with Gasteiger partial charge in [-0.3, -0.25) is 0 Å². The van der Waals surface area contributed by atoms with E-state index in [0.29, 0.717) is 0 Å². The minimum absolute atomic E-state index is 0.157. The van der Waals surface area contributed by atoms with Gasteiger partial charge in [-0.15, -0.1) is 0 Å². The Labute approximate surface area is 145 Å². The lowest BCUT2D eigenvalue weighted by Gasteiger charge is -2.21. The van der Waals surface area contributed by atoms with E-state index in [1.54, 1.807) is 12.1 Å². The summed E-state index contributed by atoms with van der Waals surface area (Å²) < 4.78 is 12.9. The van der Waals surface area contributed by atoms with Crippen molar-refractivity contribution < 1.29 is 4.39 Å². The lowest BCUT2D eigenvalue weighted by atomic mass is 10.1. The van der Waals surface area contributed by atoms with Gasteiger partial charge in [0.25, 0.3) is 0 Å². The van der Waals surface area contributed by atoms with Crippen molar-refractivity contribution in [3.63, 3.8) is 0 Å². The first-order valence-corrected chi connectivity index (χ1v) is 8.94. The van der Waals surface area contributed by atoms with Crippen LogP contribution in [0, 0.1) is 5.82 Å². The molecule has 3 heteroatoms. The maximum Gasteiger partial charge on any atom is 0.123 e. The molecule has 2 aromatic carbocycles. The quantitative estimate of drug-likeness (QED) is 0.677. The molecule has 0 radical (unpaired) electrons. The number of halogens is 1. The average molecular weight is 328 g/mol. The van der Waals surface area contributed by atoms with Gasteiger partial charge in [-0.1, -0.05) is 31.2 Å². The lowest BCUT2D eigenvalue weighted by Crippen LogP contribution is -2.28. The van der Waals surface area contributed by atoms with E-state index in [4.69, 9.17) is 0 Å².